The lowest BCUT2D eigenvalue weighted by Gasteiger charge is -2.27. The van der Waals surface area contributed by atoms with Gasteiger partial charge in [-0.3, -0.25) is 14.8 Å². The number of halogens is 2. The molecule has 8 heteroatoms. The number of hydrogen-bond donors (Lipinski definition) is 1. The third kappa shape index (κ3) is 3.79. The third-order valence-corrected chi connectivity index (χ3v) is 4.94. The van der Waals surface area contributed by atoms with Crippen molar-refractivity contribution in [1.82, 2.24) is 19.7 Å². The molecule has 1 amide bonds. The highest BCUT2D eigenvalue weighted by Gasteiger charge is 2.37. The monoisotopic (exact) mass is 371 g/mol. The molecule has 27 heavy (non-hydrogen) atoms. The number of benzene rings is 1. The summed E-state index contributed by atoms with van der Waals surface area (Å²) in [7, 11) is 1.85. The minimum atomic E-state index is -2.65. The predicted molar refractivity (Wildman–Crippen MR) is 97.3 cm³/mol. The molecule has 1 aliphatic carbocycles. The fourth-order valence-electron chi connectivity index (χ4n) is 3.35. The van der Waals surface area contributed by atoms with Gasteiger partial charge in [0.15, 0.2) is 0 Å². The van der Waals surface area contributed by atoms with Gasteiger partial charge in [0, 0.05) is 49.2 Å². The maximum atomic E-state index is 13.3. The van der Waals surface area contributed by atoms with Crippen molar-refractivity contribution in [2.45, 2.75) is 31.6 Å². The van der Waals surface area contributed by atoms with Crippen molar-refractivity contribution >= 4 is 22.8 Å². The van der Waals surface area contributed by atoms with Crippen LogP contribution in [0.5, 0.6) is 0 Å². The van der Waals surface area contributed by atoms with Crippen molar-refractivity contribution in [1.29, 1.82) is 0 Å². The number of fused-ring (bicyclic) bond motifs is 1. The molecule has 3 aromatic rings. The second-order valence-electron chi connectivity index (χ2n) is 6.99. The van der Waals surface area contributed by atoms with Crippen LogP contribution in [0.15, 0.2) is 36.8 Å². The van der Waals surface area contributed by atoms with Crippen molar-refractivity contribution in [3.05, 3.63) is 36.8 Å². The predicted octanol–water partition coefficient (Wildman–Crippen LogP) is 3.79. The van der Waals surface area contributed by atoms with Gasteiger partial charge in [-0.15, -0.1) is 0 Å². The normalized spacial score (nSPS) is 17.1. The minimum Gasteiger partial charge on any atom is -0.294 e. The van der Waals surface area contributed by atoms with Gasteiger partial charge in [0.05, 0.1) is 11.7 Å². The molecule has 0 aliphatic heterocycles. The quantitative estimate of drug-likeness (QED) is 0.760. The van der Waals surface area contributed by atoms with Crippen LogP contribution in [-0.4, -0.2) is 31.6 Å². The molecule has 1 aliphatic rings. The van der Waals surface area contributed by atoms with E-state index < -0.39 is 11.8 Å². The van der Waals surface area contributed by atoms with Gasteiger partial charge in [-0.25, -0.2) is 18.7 Å². The number of alkyl halides is 2. The Morgan fingerprint density at radius 2 is 2.00 bits per heavy atom. The van der Waals surface area contributed by atoms with Crippen LogP contribution >= 0.6 is 0 Å². The van der Waals surface area contributed by atoms with E-state index in [1.165, 1.54) is 0 Å². The molecule has 0 unspecified atom stereocenters. The van der Waals surface area contributed by atoms with E-state index >= 15 is 0 Å². The van der Waals surface area contributed by atoms with Gasteiger partial charge >= 0.3 is 0 Å². The van der Waals surface area contributed by atoms with E-state index in [0.29, 0.717) is 5.52 Å². The molecule has 1 saturated carbocycles. The SMILES string of the molecule is Cn1cc(-c2ccc3cnc(NC(=O)C4CCC(F)(F)CC4)nc3c2)cn1. The number of aromatic nitrogens is 4. The summed E-state index contributed by atoms with van der Waals surface area (Å²) < 4.78 is 28.2. The molecule has 140 valence electrons. The van der Waals surface area contributed by atoms with Crippen LogP contribution in [0.25, 0.3) is 22.0 Å². The van der Waals surface area contributed by atoms with Crippen LogP contribution in [-0.2, 0) is 11.8 Å². The van der Waals surface area contributed by atoms with Gasteiger partial charge in [0.25, 0.3) is 0 Å². The number of nitrogens with zero attached hydrogens (tertiary/aromatic N) is 4. The van der Waals surface area contributed by atoms with Crippen molar-refractivity contribution in [3.63, 3.8) is 0 Å². The summed E-state index contributed by atoms with van der Waals surface area (Å²) in [4.78, 5) is 20.9. The molecule has 1 fully saturated rings. The lowest BCUT2D eigenvalue weighted by Crippen LogP contribution is -2.32. The molecule has 0 bridgehead atoms. The molecule has 1 N–H and O–H groups in total. The van der Waals surface area contributed by atoms with Gasteiger partial charge < -0.3 is 0 Å². The van der Waals surface area contributed by atoms with E-state index in [1.807, 2.05) is 31.4 Å². The molecule has 2 aromatic heterocycles. The Labute approximate surface area is 154 Å². The molecule has 0 radical (unpaired) electrons. The summed E-state index contributed by atoms with van der Waals surface area (Å²) in [6.07, 6.45) is 5.17. The van der Waals surface area contributed by atoms with Crippen molar-refractivity contribution in [2.75, 3.05) is 5.32 Å². The number of anilines is 1. The van der Waals surface area contributed by atoms with Gasteiger partial charge in [0.2, 0.25) is 17.8 Å². The highest BCUT2D eigenvalue weighted by molar-refractivity contribution is 5.92. The summed E-state index contributed by atoms with van der Waals surface area (Å²) >= 11 is 0. The molecule has 1 aromatic carbocycles. The number of rotatable bonds is 3. The van der Waals surface area contributed by atoms with E-state index in [4.69, 9.17) is 0 Å². The van der Waals surface area contributed by atoms with Crippen LogP contribution in [0.2, 0.25) is 0 Å². The number of carbonyl (C=O) groups is 1. The molecular formula is C19H19F2N5O. The Morgan fingerprint density at radius 3 is 2.70 bits per heavy atom. The summed E-state index contributed by atoms with van der Waals surface area (Å²) in [5.74, 6) is -3.19. The second kappa shape index (κ2) is 6.68. The van der Waals surface area contributed by atoms with Gasteiger partial charge in [-0.2, -0.15) is 5.10 Å². The number of nitrogens with one attached hydrogen (secondary N) is 1. The van der Waals surface area contributed by atoms with Crippen LogP contribution in [0, 0.1) is 5.92 Å². The number of carbonyl (C=O) groups excluding carboxylic acids is 1. The summed E-state index contributed by atoms with van der Waals surface area (Å²) in [5.41, 5.74) is 2.62. The standard InChI is InChI=1S/C19H19F2N5O/c1-26-11-15(10-23-26)13-2-3-14-9-22-18(24-16(14)8-13)25-17(27)12-4-6-19(20,21)7-5-12/h2-3,8-12H,4-7H2,1H3,(H,22,24,25,27). The van der Waals surface area contributed by atoms with Gasteiger partial charge in [-0.05, 0) is 24.5 Å². The molecule has 4 rings (SSSR count). The molecule has 0 spiro atoms. The van der Waals surface area contributed by atoms with Gasteiger partial charge in [-0.1, -0.05) is 12.1 Å². The average molecular weight is 371 g/mol. The van der Waals surface area contributed by atoms with Crippen molar-refractivity contribution < 1.29 is 13.6 Å². The fraction of sp³-hybridized carbons (Fsp3) is 0.368. The summed E-state index contributed by atoms with van der Waals surface area (Å²) in [6, 6.07) is 5.78. The first kappa shape index (κ1) is 17.5. The Balaban J connectivity index is 1.53. The van der Waals surface area contributed by atoms with Gasteiger partial charge in [0.1, 0.15) is 0 Å². The Hall–Kier alpha value is -2.90. The summed E-state index contributed by atoms with van der Waals surface area (Å²) in [6.45, 7) is 0. The highest BCUT2D eigenvalue weighted by atomic mass is 19.3. The Kier molecular flexibility index (Phi) is 4.33. The minimum absolute atomic E-state index is 0.178. The van der Waals surface area contributed by atoms with Crippen LogP contribution in [0.4, 0.5) is 14.7 Å². The zero-order valence-corrected chi connectivity index (χ0v) is 14.8. The zero-order valence-electron chi connectivity index (χ0n) is 14.8. The maximum absolute atomic E-state index is 13.3. The fourth-order valence-corrected chi connectivity index (χ4v) is 3.35. The van der Waals surface area contributed by atoms with Crippen LogP contribution in [0.3, 0.4) is 0 Å². The van der Waals surface area contributed by atoms with Crippen LogP contribution < -0.4 is 5.32 Å². The smallest absolute Gasteiger partial charge is 0.248 e. The topological polar surface area (TPSA) is 72.7 Å². The largest absolute Gasteiger partial charge is 0.294 e. The first-order valence-corrected chi connectivity index (χ1v) is 8.84. The number of aryl methyl sites for hydroxylation is 1. The third-order valence-electron chi connectivity index (χ3n) is 4.94. The average Bonchev–Trinajstić information content (AvgIpc) is 3.07. The summed E-state index contributed by atoms with van der Waals surface area (Å²) in [5, 5.41) is 7.68. The van der Waals surface area contributed by atoms with Crippen molar-refractivity contribution in [3.8, 4) is 11.1 Å². The zero-order chi connectivity index (χ0) is 19.0. The molecule has 0 atom stereocenters. The number of hydrogen-bond acceptors (Lipinski definition) is 4. The first-order valence-electron chi connectivity index (χ1n) is 8.84. The lowest BCUT2D eigenvalue weighted by atomic mass is 9.86. The molecule has 2 heterocycles. The lowest BCUT2D eigenvalue weighted by molar-refractivity contribution is -0.124. The molecular weight excluding hydrogens is 352 g/mol. The van der Waals surface area contributed by atoms with Crippen LogP contribution in [0.1, 0.15) is 25.7 Å². The van der Waals surface area contributed by atoms with E-state index in [2.05, 4.69) is 20.4 Å². The maximum Gasteiger partial charge on any atom is 0.248 e. The van der Waals surface area contributed by atoms with E-state index in [0.717, 1.165) is 16.5 Å². The molecule has 0 saturated heterocycles. The van der Waals surface area contributed by atoms with E-state index in [9.17, 15) is 13.6 Å². The Bertz CT molecular complexity index is 991. The number of amides is 1. The highest BCUT2D eigenvalue weighted by Crippen LogP contribution is 2.36. The van der Waals surface area contributed by atoms with Crippen molar-refractivity contribution in [2.24, 2.45) is 13.0 Å². The van der Waals surface area contributed by atoms with E-state index in [-0.39, 0.29) is 37.5 Å². The second-order valence-corrected chi connectivity index (χ2v) is 6.99. The Morgan fingerprint density at radius 1 is 1.22 bits per heavy atom. The molecule has 6 nitrogen and oxygen atoms in total. The first-order chi connectivity index (χ1) is 12.9. The van der Waals surface area contributed by atoms with E-state index in [1.54, 1.807) is 17.1 Å².